The van der Waals surface area contributed by atoms with Crippen LogP contribution in [0, 0.1) is 0 Å². The van der Waals surface area contributed by atoms with Crippen molar-refractivity contribution in [2.75, 3.05) is 4.90 Å². The smallest absolute Gasteiger partial charge is 0.237 e. The Balaban J connectivity index is 0.00000192. The third-order valence-electron chi connectivity index (χ3n) is 3.69. The highest BCUT2D eigenvalue weighted by molar-refractivity contribution is 14.0. The van der Waals surface area contributed by atoms with Crippen molar-refractivity contribution in [1.29, 1.82) is 0 Å². The van der Waals surface area contributed by atoms with Gasteiger partial charge in [0.2, 0.25) is 0 Å². The molecule has 0 fully saturated rings. The Morgan fingerprint density at radius 3 is 1.57 bits per heavy atom. The third-order valence-corrected chi connectivity index (χ3v) is 3.69. The zero-order valence-electron chi connectivity index (χ0n) is 13.6. The first-order chi connectivity index (χ1) is 10.6. The zero-order chi connectivity index (χ0) is 15.5. The average Bonchev–Trinajstić information content (AvgIpc) is 2.53. The summed E-state index contributed by atoms with van der Waals surface area (Å²) in [6.45, 7) is 0. The lowest BCUT2D eigenvalue weighted by atomic mass is 10.2. The second-order valence-electron chi connectivity index (χ2n) is 5.45. The molecule has 5 heteroatoms. The summed E-state index contributed by atoms with van der Waals surface area (Å²) in [7, 11) is 6.12. The maximum atomic E-state index is 2.25. The zero-order valence-corrected chi connectivity index (χ0v) is 16.0. The van der Waals surface area contributed by atoms with Gasteiger partial charge in [-0.15, -0.1) is 24.0 Å². The lowest BCUT2D eigenvalue weighted by molar-refractivity contribution is -0.671. The van der Waals surface area contributed by atoms with Gasteiger partial charge in [0.25, 0.3) is 5.82 Å². The van der Waals surface area contributed by atoms with Crippen LogP contribution in [0.25, 0.3) is 0 Å². The van der Waals surface area contributed by atoms with E-state index in [1.807, 2.05) is 29.3 Å². The van der Waals surface area contributed by atoms with E-state index in [9.17, 15) is 0 Å². The molecule has 0 aliphatic carbocycles. The largest absolute Gasteiger partial charge is 0.286 e. The fourth-order valence-corrected chi connectivity index (χ4v) is 2.44. The van der Waals surface area contributed by atoms with Gasteiger partial charge in [-0.3, -0.25) is 0 Å². The minimum absolute atomic E-state index is 0. The fraction of sp³-hybridized carbons (Fsp3) is 0.167. The Hall–Kier alpha value is -2.02. The highest BCUT2D eigenvalue weighted by Crippen LogP contribution is 2.30. The molecule has 0 N–H and O–H groups in total. The predicted octanol–water partition coefficient (Wildman–Crippen LogP) is 2.25. The van der Waals surface area contributed by atoms with Crippen LogP contribution in [-0.4, -0.2) is 0 Å². The van der Waals surface area contributed by atoms with Crippen LogP contribution in [0.5, 0.6) is 0 Å². The molecule has 3 rings (SSSR count). The number of rotatable bonds is 3. The highest BCUT2D eigenvalue weighted by Gasteiger charge is 2.24. The SMILES string of the molecule is C[n+]1ccc(N(c2cc[n+](C)cc2)c2cccc[n+]2C)cc1.I. The van der Waals surface area contributed by atoms with Crippen LogP contribution in [0.2, 0.25) is 0 Å². The van der Waals surface area contributed by atoms with Crippen molar-refractivity contribution in [3.63, 3.8) is 0 Å². The van der Waals surface area contributed by atoms with E-state index in [1.54, 1.807) is 0 Å². The molecule has 0 aliphatic heterocycles. The van der Waals surface area contributed by atoms with E-state index in [2.05, 4.69) is 83.9 Å². The van der Waals surface area contributed by atoms with Crippen molar-refractivity contribution < 1.29 is 13.7 Å². The van der Waals surface area contributed by atoms with Crippen molar-refractivity contribution in [2.45, 2.75) is 0 Å². The van der Waals surface area contributed by atoms with E-state index in [0.29, 0.717) is 0 Å². The molecule has 118 valence electrons. The topological polar surface area (TPSA) is 14.9 Å². The maximum absolute atomic E-state index is 2.25. The van der Waals surface area contributed by atoms with E-state index in [1.165, 1.54) is 0 Å². The fourth-order valence-electron chi connectivity index (χ4n) is 2.44. The van der Waals surface area contributed by atoms with Crippen molar-refractivity contribution in [3.8, 4) is 0 Å². The van der Waals surface area contributed by atoms with Gasteiger partial charge in [-0.2, -0.15) is 4.90 Å². The summed E-state index contributed by atoms with van der Waals surface area (Å²) in [6.07, 6.45) is 10.3. The number of hydrogen-bond acceptors (Lipinski definition) is 1. The number of halogens is 1. The van der Waals surface area contributed by atoms with Gasteiger partial charge in [0.1, 0.15) is 25.5 Å². The summed E-state index contributed by atoms with van der Waals surface area (Å²) in [4.78, 5) is 2.25. The Bertz CT molecular complexity index is 724. The molecule has 23 heavy (non-hydrogen) atoms. The first-order valence-electron chi connectivity index (χ1n) is 7.30. The Labute approximate surface area is 154 Å². The van der Waals surface area contributed by atoms with Crippen LogP contribution in [0.1, 0.15) is 0 Å². The van der Waals surface area contributed by atoms with E-state index in [0.717, 1.165) is 17.2 Å². The molecule has 4 nitrogen and oxygen atoms in total. The van der Waals surface area contributed by atoms with Gasteiger partial charge in [-0.1, -0.05) is 6.07 Å². The molecule has 0 unspecified atom stereocenters. The van der Waals surface area contributed by atoms with Crippen LogP contribution in [0.15, 0.2) is 73.4 Å². The number of pyridine rings is 3. The Kier molecular flexibility index (Phi) is 5.65. The van der Waals surface area contributed by atoms with Crippen molar-refractivity contribution in [2.24, 2.45) is 21.1 Å². The molecular formula is C18H22IN4+3. The van der Waals surface area contributed by atoms with E-state index in [-0.39, 0.29) is 24.0 Å². The molecule has 0 aromatic carbocycles. The van der Waals surface area contributed by atoms with Crippen molar-refractivity contribution in [3.05, 3.63) is 73.4 Å². The van der Waals surface area contributed by atoms with Gasteiger partial charge in [-0.05, 0) is 6.07 Å². The summed E-state index contributed by atoms with van der Waals surface area (Å²) in [5, 5.41) is 0. The summed E-state index contributed by atoms with van der Waals surface area (Å²) in [5.41, 5.74) is 2.27. The predicted molar refractivity (Wildman–Crippen MR) is 100 cm³/mol. The number of aromatic nitrogens is 3. The van der Waals surface area contributed by atoms with E-state index in [4.69, 9.17) is 0 Å². The van der Waals surface area contributed by atoms with Gasteiger partial charge in [0.05, 0.1) is 13.2 Å². The Morgan fingerprint density at radius 1 is 0.652 bits per heavy atom. The summed E-state index contributed by atoms with van der Waals surface area (Å²) >= 11 is 0. The molecule has 0 saturated carbocycles. The summed E-state index contributed by atoms with van der Waals surface area (Å²) in [5.74, 6) is 1.12. The monoisotopic (exact) mass is 421 g/mol. The van der Waals surface area contributed by atoms with Crippen LogP contribution < -0.4 is 18.6 Å². The van der Waals surface area contributed by atoms with Crippen LogP contribution in [0.3, 0.4) is 0 Å². The van der Waals surface area contributed by atoms with Crippen LogP contribution in [-0.2, 0) is 21.1 Å². The minimum Gasteiger partial charge on any atom is -0.237 e. The Morgan fingerprint density at radius 2 is 1.13 bits per heavy atom. The highest BCUT2D eigenvalue weighted by atomic mass is 127. The second-order valence-corrected chi connectivity index (χ2v) is 5.45. The normalized spacial score (nSPS) is 10.0. The standard InChI is InChI=1S/C18H21N4.HI/c1-19-12-7-16(8-13-19)22(17-9-14-20(2)15-10-17)18-6-4-5-11-21(18)3;/h4-15H,1-3H3;1H/q+3;. The van der Waals surface area contributed by atoms with Crippen molar-refractivity contribution >= 4 is 41.2 Å². The lowest BCUT2D eigenvalue weighted by Gasteiger charge is -2.17. The molecule has 0 bridgehead atoms. The molecule has 3 aromatic heterocycles. The number of aryl methyl sites for hydroxylation is 3. The summed E-state index contributed by atoms with van der Waals surface area (Å²) < 4.78 is 6.20. The molecule has 3 aromatic rings. The van der Waals surface area contributed by atoms with Crippen molar-refractivity contribution in [1.82, 2.24) is 0 Å². The minimum atomic E-state index is 0. The van der Waals surface area contributed by atoms with Gasteiger partial charge >= 0.3 is 0 Å². The molecule has 0 atom stereocenters. The van der Waals surface area contributed by atoms with E-state index >= 15 is 0 Å². The van der Waals surface area contributed by atoms with Gasteiger partial charge < -0.3 is 0 Å². The van der Waals surface area contributed by atoms with E-state index < -0.39 is 0 Å². The number of anilines is 3. The molecule has 0 spiro atoms. The summed E-state index contributed by atoms with van der Waals surface area (Å²) in [6, 6.07) is 14.7. The molecule has 0 radical (unpaired) electrons. The molecule has 0 saturated heterocycles. The second kappa shape index (κ2) is 7.50. The molecule has 0 amide bonds. The van der Waals surface area contributed by atoms with Gasteiger partial charge in [0, 0.05) is 30.3 Å². The van der Waals surface area contributed by atoms with Crippen LogP contribution in [0.4, 0.5) is 17.2 Å². The third kappa shape index (κ3) is 3.85. The quantitative estimate of drug-likeness (QED) is 0.468. The number of nitrogens with zero attached hydrogens (tertiary/aromatic N) is 4. The molecule has 0 aliphatic rings. The maximum Gasteiger partial charge on any atom is 0.286 e. The first-order valence-corrected chi connectivity index (χ1v) is 7.30. The lowest BCUT2D eigenvalue weighted by Crippen LogP contribution is -2.35. The van der Waals surface area contributed by atoms with Gasteiger partial charge in [0.15, 0.2) is 24.8 Å². The number of hydrogen-bond donors (Lipinski definition) is 0. The molecule has 3 heterocycles. The van der Waals surface area contributed by atoms with Crippen LogP contribution >= 0.6 is 24.0 Å². The first kappa shape index (κ1) is 17.3. The molecular weight excluding hydrogens is 399 g/mol. The average molecular weight is 421 g/mol. The van der Waals surface area contributed by atoms with Gasteiger partial charge in [-0.25, -0.2) is 13.7 Å².